The first-order valence-electron chi connectivity index (χ1n) is 15.7. The normalized spacial score (nSPS) is 11.3. The fourth-order valence-electron chi connectivity index (χ4n) is 4.07. The van der Waals surface area contributed by atoms with Crippen molar-refractivity contribution in [1.82, 2.24) is 20.8 Å². The zero-order valence-corrected chi connectivity index (χ0v) is 34.4. The molecule has 15 nitrogen and oxygen atoms in total. The van der Waals surface area contributed by atoms with Gasteiger partial charge >= 0.3 is 12.2 Å². The number of aromatic nitrogens is 2. The third-order valence-corrected chi connectivity index (χ3v) is 7.75. The Hall–Kier alpha value is -4.21. The quantitative estimate of drug-likeness (QED) is 0.0847. The molecule has 0 unspecified atom stereocenters. The van der Waals surface area contributed by atoms with E-state index in [0.717, 1.165) is 15.4 Å². The van der Waals surface area contributed by atoms with E-state index in [9.17, 15) is 14.0 Å². The number of anilines is 1. The third kappa shape index (κ3) is 16.4. The summed E-state index contributed by atoms with van der Waals surface area (Å²) in [5.74, 6) is 0.393. The van der Waals surface area contributed by atoms with Crippen molar-refractivity contribution in [3.8, 4) is 11.5 Å². The molecule has 0 aliphatic heterocycles. The molecule has 52 heavy (non-hydrogen) atoms. The molecule has 18 heteroatoms. The largest absolute Gasteiger partial charge is 0.492 e. The van der Waals surface area contributed by atoms with E-state index in [1.54, 1.807) is 26.8 Å². The number of nitrogen functional groups attached to an aromatic ring is 1. The summed E-state index contributed by atoms with van der Waals surface area (Å²) in [6.45, 7) is 25.9. The summed E-state index contributed by atoms with van der Waals surface area (Å²) in [6.07, 6.45) is 0.0881. The van der Waals surface area contributed by atoms with Crippen molar-refractivity contribution in [3.05, 3.63) is 50.4 Å². The van der Waals surface area contributed by atoms with Crippen molar-refractivity contribution in [2.45, 2.75) is 104 Å². The van der Waals surface area contributed by atoms with Gasteiger partial charge in [-0.15, -0.1) is 0 Å². The maximum Gasteiger partial charge on any atom is 0.408 e. The molecular formula is C34H53Br2FN8O7. The highest BCUT2D eigenvalue weighted by Gasteiger charge is 2.26. The number of fused-ring (bicyclic) bond motifs is 1. The molecule has 3 rings (SSSR count). The molecule has 0 spiro atoms. The molecule has 292 valence electrons. The van der Waals surface area contributed by atoms with E-state index in [1.807, 2.05) is 60.6 Å². The predicted octanol–water partition coefficient (Wildman–Crippen LogP) is 9.21. The lowest BCUT2D eigenvalue weighted by Gasteiger charge is -2.28. The van der Waals surface area contributed by atoms with Crippen LogP contribution in [0.15, 0.2) is 33.2 Å². The topological polar surface area (TPSA) is 233 Å². The van der Waals surface area contributed by atoms with Gasteiger partial charge in [-0.2, -0.15) is 5.10 Å². The number of halogens is 3. The van der Waals surface area contributed by atoms with Crippen LogP contribution in [-0.2, 0) is 9.47 Å². The lowest BCUT2D eigenvalue weighted by atomic mass is 10.0. The van der Waals surface area contributed by atoms with Crippen molar-refractivity contribution < 1.29 is 39.8 Å². The van der Waals surface area contributed by atoms with Crippen LogP contribution in [-0.4, -0.2) is 63.4 Å². The molecule has 0 aliphatic carbocycles. The smallest absolute Gasteiger partial charge is 0.408 e. The van der Waals surface area contributed by atoms with Gasteiger partial charge < -0.3 is 40.8 Å². The molecule has 0 bridgehead atoms. The highest BCUT2D eigenvalue weighted by molar-refractivity contribution is 9.11. The number of alkyl carbamates (subject to hydrolysis) is 2. The SMILES string of the molecule is CC(C)(CCOc1ccc(Br)c2c(N)n[nH]c12)NC(=O)OC(C)(C)C.N=N.O.[C-]#[N+]c1c(Br)ccc(OCCC(C)(C)NC(=O)OC(C)(C)C)c1F.[HH]. The van der Waals surface area contributed by atoms with Gasteiger partial charge in [0.1, 0.15) is 28.2 Å². The highest BCUT2D eigenvalue weighted by atomic mass is 79.9. The number of rotatable bonds is 10. The Kier molecular flexibility index (Phi) is 18.5. The number of carbonyl (C=O) groups is 2. The van der Waals surface area contributed by atoms with E-state index in [2.05, 4.69) is 57.5 Å². The molecule has 0 radical (unpaired) electrons. The van der Waals surface area contributed by atoms with Crippen LogP contribution in [0, 0.1) is 23.5 Å². The number of nitrogens with one attached hydrogen (secondary N) is 5. The van der Waals surface area contributed by atoms with Crippen molar-refractivity contribution in [2.24, 2.45) is 0 Å². The molecule has 9 N–H and O–H groups in total. The van der Waals surface area contributed by atoms with Gasteiger partial charge in [-0.1, -0.05) is 22.0 Å². The first-order valence-corrected chi connectivity index (χ1v) is 17.3. The first kappa shape index (κ1) is 47.8. The molecule has 1 heterocycles. The average Bonchev–Trinajstić information content (AvgIpc) is 3.36. The second-order valence-electron chi connectivity index (χ2n) is 14.4. The number of nitrogens with two attached hydrogens (primary N) is 1. The van der Waals surface area contributed by atoms with Crippen LogP contribution >= 0.6 is 31.9 Å². The van der Waals surface area contributed by atoms with Gasteiger partial charge in [0, 0.05) is 34.3 Å². The zero-order valence-electron chi connectivity index (χ0n) is 31.2. The molecule has 2 amide bonds. The number of hydrogen-bond acceptors (Lipinski definition) is 10. The van der Waals surface area contributed by atoms with E-state index < -0.39 is 40.3 Å². The lowest BCUT2D eigenvalue weighted by molar-refractivity contribution is 0.0447. The summed E-state index contributed by atoms with van der Waals surface area (Å²) in [7, 11) is 0. The maximum atomic E-state index is 14.1. The molecule has 0 aliphatic rings. The van der Waals surface area contributed by atoms with Crippen LogP contribution in [0.2, 0.25) is 0 Å². The van der Waals surface area contributed by atoms with Crippen LogP contribution in [0.4, 0.5) is 25.5 Å². The number of aromatic amines is 1. The molecular weight excluding hydrogens is 811 g/mol. The standard InChI is InChI=1S/C17H22BrFN2O3.C17H25BrN4O3.H2N2.H2O.H2/c1-16(2,3)24-15(22)21-17(4,5)9-10-23-12-8-7-11(18)14(20-6)13(12)19;1-16(2,3)25-15(23)20-17(4,5)8-9-24-11-7-6-10(18)12-13(11)21-22-14(12)19;1-2;;/h7-8H,9-10H2,1-5H3,(H,21,22);6-7H,8-9H2,1-5H3,(H,20,23)(H3,19,21,22);1-2H;1H2;1H. The minimum absolute atomic E-state index is 0. The van der Waals surface area contributed by atoms with E-state index in [0.29, 0.717) is 35.5 Å². The number of hydrogen-bond donors (Lipinski definition) is 6. The maximum absolute atomic E-state index is 14.1. The van der Waals surface area contributed by atoms with Gasteiger partial charge in [-0.25, -0.2) is 29.9 Å². The van der Waals surface area contributed by atoms with Gasteiger partial charge in [-0.3, -0.25) is 5.10 Å². The van der Waals surface area contributed by atoms with Crippen LogP contribution in [0.1, 0.15) is 83.5 Å². The van der Waals surface area contributed by atoms with Crippen LogP contribution < -0.4 is 25.8 Å². The first-order chi connectivity index (χ1) is 23.4. The van der Waals surface area contributed by atoms with Crippen molar-refractivity contribution in [1.29, 1.82) is 11.1 Å². The van der Waals surface area contributed by atoms with Crippen molar-refractivity contribution >= 4 is 66.5 Å². The van der Waals surface area contributed by atoms with E-state index in [4.69, 9.17) is 42.3 Å². The number of benzene rings is 2. The predicted molar refractivity (Wildman–Crippen MR) is 207 cm³/mol. The van der Waals surface area contributed by atoms with E-state index >= 15 is 0 Å². The summed E-state index contributed by atoms with van der Waals surface area (Å²) in [6, 6.07) is 6.74. The Morgan fingerprint density at radius 1 is 0.865 bits per heavy atom. The summed E-state index contributed by atoms with van der Waals surface area (Å²) in [5.41, 5.74) is 14.3. The van der Waals surface area contributed by atoms with Crippen LogP contribution in [0.3, 0.4) is 0 Å². The Labute approximate surface area is 322 Å². The molecule has 0 saturated carbocycles. The second kappa shape index (κ2) is 20.1. The molecule has 2 aromatic carbocycles. The fourth-order valence-corrected chi connectivity index (χ4v) is 4.99. The summed E-state index contributed by atoms with van der Waals surface area (Å²) >= 11 is 6.58. The van der Waals surface area contributed by atoms with Crippen LogP contribution in [0.5, 0.6) is 11.5 Å². The minimum atomic E-state index is -0.697. The monoisotopic (exact) mass is 862 g/mol. The van der Waals surface area contributed by atoms with Gasteiger partial charge in [0.25, 0.3) is 0 Å². The molecule has 1 aromatic heterocycles. The van der Waals surface area contributed by atoms with Crippen molar-refractivity contribution in [3.63, 3.8) is 0 Å². The number of nitrogens with zero attached hydrogens (tertiary/aromatic N) is 2. The van der Waals surface area contributed by atoms with Gasteiger partial charge in [0.05, 0.1) is 25.2 Å². The van der Waals surface area contributed by atoms with E-state index in [-0.39, 0.29) is 24.9 Å². The Bertz CT molecular complexity index is 1690. The Morgan fingerprint density at radius 2 is 1.29 bits per heavy atom. The van der Waals surface area contributed by atoms with E-state index in [1.165, 1.54) is 6.07 Å². The van der Waals surface area contributed by atoms with Gasteiger partial charge in [-0.05, 0) is 103 Å². The Morgan fingerprint density at radius 3 is 1.73 bits per heavy atom. The zero-order chi connectivity index (χ0) is 39.4. The number of carbonyl (C=O) groups excluding carboxylic acids is 2. The Balaban J connectivity index is 0. The van der Waals surface area contributed by atoms with Gasteiger partial charge in [0.2, 0.25) is 5.69 Å². The summed E-state index contributed by atoms with van der Waals surface area (Å²) in [4.78, 5) is 26.9. The fraction of sp³-hybridized carbons (Fsp3) is 0.529. The summed E-state index contributed by atoms with van der Waals surface area (Å²) in [5, 5.41) is 13.3. The molecule has 0 fully saturated rings. The number of amides is 2. The lowest BCUT2D eigenvalue weighted by Crippen LogP contribution is -2.46. The number of ether oxygens (including phenoxy) is 4. The van der Waals surface area contributed by atoms with Crippen LogP contribution in [0.25, 0.3) is 15.7 Å². The average molecular weight is 865 g/mol. The molecule has 3 aromatic rings. The highest BCUT2D eigenvalue weighted by Crippen LogP contribution is 2.35. The van der Waals surface area contributed by atoms with Gasteiger partial charge in [0.15, 0.2) is 11.6 Å². The van der Waals surface area contributed by atoms with Crippen molar-refractivity contribution in [2.75, 3.05) is 18.9 Å². The second-order valence-corrected chi connectivity index (χ2v) is 16.2. The molecule has 0 atom stereocenters. The number of H-pyrrole nitrogens is 1. The molecule has 0 saturated heterocycles. The third-order valence-electron chi connectivity index (χ3n) is 6.45. The summed E-state index contributed by atoms with van der Waals surface area (Å²) < 4.78 is 37.1. The minimum Gasteiger partial charge on any atom is -0.492 e.